The summed E-state index contributed by atoms with van der Waals surface area (Å²) in [5.41, 5.74) is 4.24. The molecule has 1 amide bonds. The molecule has 0 atom stereocenters. The van der Waals surface area contributed by atoms with E-state index in [0.29, 0.717) is 33.0 Å². The smallest absolute Gasteiger partial charge is 0.387 e. The van der Waals surface area contributed by atoms with Crippen molar-refractivity contribution in [2.75, 3.05) is 5.32 Å². The van der Waals surface area contributed by atoms with Crippen molar-refractivity contribution < 1.29 is 18.3 Å². The molecule has 152 valence electrons. The lowest BCUT2D eigenvalue weighted by molar-refractivity contribution is -0.0494. The zero-order chi connectivity index (χ0) is 21.3. The highest BCUT2D eigenvalue weighted by atomic mass is 32.1. The minimum Gasteiger partial charge on any atom is -0.434 e. The average molecular weight is 426 g/mol. The van der Waals surface area contributed by atoms with Crippen LogP contribution in [-0.2, 0) is 0 Å². The Morgan fingerprint density at radius 1 is 1.03 bits per heavy atom. The van der Waals surface area contributed by atoms with Gasteiger partial charge >= 0.3 is 6.61 Å². The molecule has 2 aromatic heterocycles. The predicted octanol–water partition coefficient (Wildman–Crippen LogP) is 5.22. The van der Waals surface area contributed by atoms with Gasteiger partial charge in [-0.25, -0.2) is 15.0 Å². The first kappa shape index (κ1) is 19.8. The summed E-state index contributed by atoms with van der Waals surface area (Å²) in [6, 6.07) is 11.5. The molecule has 9 heteroatoms. The number of amides is 1. The normalized spacial score (nSPS) is 11.1. The number of fused-ring (bicyclic) bond motifs is 1. The topological polar surface area (TPSA) is 77.0 Å². The molecule has 0 bridgehead atoms. The van der Waals surface area contributed by atoms with Gasteiger partial charge in [0, 0.05) is 16.5 Å². The molecule has 1 N–H and O–H groups in total. The molecule has 0 radical (unpaired) electrons. The van der Waals surface area contributed by atoms with Crippen LogP contribution in [0.1, 0.15) is 21.7 Å². The number of benzene rings is 2. The Hall–Kier alpha value is -3.46. The Morgan fingerprint density at radius 3 is 2.53 bits per heavy atom. The third kappa shape index (κ3) is 4.11. The van der Waals surface area contributed by atoms with Gasteiger partial charge in [0.2, 0.25) is 0 Å². The third-order valence-electron chi connectivity index (χ3n) is 4.44. The van der Waals surface area contributed by atoms with Crippen LogP contribution in [0.5, 0.6) is 5.75 Å². The van der Waals surface area contributed by atoms with E-state index in [1.165, 1.54) is 17.4 Å². The molecule has 0 saturated carbocycles. The Labute approximate surface area is 174 Å². The van der Waals surface area contributed by atoms with Crippen molar-refractivity contribution in [1.82, 2.24) is 15.0 Å². The zero-order valence-electron chi connectivity index (χ0n) is 16.0. The Morgan fingerprint density at radius 2 is 1.77 bits per heavy atom. The van der Waals surface area contributed by atoms with Crippen LogP contribution in [0, 0.1) is 13.8 Å². The van der Waals surface area contributed by atoms with Crippen molar-refractivity contribution in [2.45, 2.75) is 20.5 Å². The highest BCUT2D eigenvalue weighted by Gasteiger charge is 2.15. The number of anilines is 1. The number of rotatable bonds is 5. The van der Waals surface area contributed by atoms with Gasteiger partial charge in [0.25, 0.3) is 5.91 Å². The summed E-state index contributed by atoms with van der Waals surface area (Å²) in [7, 11) is 0. The van der Waals surface area contributed by atoms with Gasteiger partial charge in [-0.3, -0.25) is 10.1 Å². The number of aromatic nitrogens is 3. The van der Waals surface area contributed by atoms with Gasteiger partial charge in [-0.2, -0.15) is 8.78 Å². The van der Waals surface area contributed by atoms with E-state index in [1.807, 2.05) is 13.8 Å². The number of carbonyl (C=O) groups excluding carboxylic acids is 1. The van der Waals surface area contributed by atoms with E-state index in [2.05, 4.69) is 25.0 Å². The highest BCUT2D eigenvalue weighted by molar-refractivity contribution is 7.14. The Bertz CT molecular complexity index is 1240. The maximum Gasteiger partial charge on any atom is 0.387 e. The van der Waals surface area contributed by atoms with E-state index in [4.69, 9.17) is 0 Å². The Balaban J connectivity index is 1.56. The van der Waals surface area contributed by atoms with Crippen LogP contribution in [0.2, 0.25) is 0 Å². The first-order chi connectivity index (χ1) is 14.4. The number of aryl methyl sites for hydroxylation is 2. The second-order valence-corrected chi connectivity index (χ2v) is 7.32. The Kier molecular flexibility index (Phi) is 5.37. The molecule has 2 heterocycles. The number of thiazole rings is 1. The number of nitrogens with one attached hydrogen (secondary N) is 1. The van der Waals surface area contributed by atoms with Gasteiger partial charge in [0.15, 0.2) is 5.13 Å². The first-order valence-corrected chi connectivity index (χ1v) is 9.85. The molecule has 4 aromatic rings. The molecular formula is C21H16F2N4O2S. The van der Waals surface area contributed by atoms with Crippen LogP contribution in [0.25, 0.3) is 22.3 Å². The monoisotopic (exact) mass is 426 g/mol. The summed E-state index contributed by atoms with van der Waals surface area (Å²) in [5, 5.41) is 4.74. The van der Waals surface area contributed by atoms with Gasteiger partial charge in [0.1, 0.15) is 5.75 Å². The van der Waals surface area contributed by atoms with E-state index in [0.717, 1.165) is 11.4 Å². The fraction of sp³-hybridized carbons (Fsp3) is 0.143. The molecule has 0 aliphatic carbocycles. The summed E-state index contributed by atoms with van der Waals surface area (Å²) >= 11 is 1.19. The van der Waals surface area contributed by atoms with Crippen molar-refractivity contribution >= 4 is 33.4 Å². The predicted molar refractivity (Wildman–Crippen MR) is 111 cm³/mol. The fourth-order valence-electron chi connectivity index (χ4n) is 2.87. The molecule has 0 aliphatic rings. The largest absolute Gasteiger partial charge is 0.434 e. The van der Waals surface area contributed by atoms with Crippen molar-refractivity contribution in [2.24, 2.45) is 0 Å². The molecule has 4 rings (SSSR count). The average Bonchev–Trinajstić information content (AvgIpc) is 3.16. The summed E-state index contributed by atoms with van der Waals surface area (Å²) in [6.45, 7) is 0.807. The number of halogens is 2. The number of nitrogens with zero attached hydrogens (tertiary/aromatic N) is 3. The van der Waals surface area contributed by atoms with Crippen LogP contribution in [0.3, 0.4) is 0 Å². The van der Waals surface area contributed by atoms with Crippen molar-refractivity contribution in [3.8, 4) is 17.0 Å². The molecule has 2 aromatic carbocycles. The highest BCUT2D eigenvalue weighted by Crippen LogP contribution is 2.33. The first-order valence-electron chi connectivity index (χ1n) is 8.97. The van der Waals surface area contributed by atoms with Crippen molar-refractivity contribution in [3.05, 3.63) is 64.8 Å². The molecule has 0 fully saturated rings. The molecule has 0 unspecified atom stereocenters. The zero-order valence-corrected chi connectivity index (χ0v) is 16.8. The van der Waals surface area contributed by atoms with Gasteiger partial charge in [0.05, 0.1) is 28.1 Å². The van der Waals surface area contributed by atoms with Crippen LogP contribution in [0.4, 0.5) is 13.9 Å². The minimum atomic E-state index is -2.94. The molecule has 6 nitrogen and oxygen atoms in total. The maximum absolute atomic E-state index is 12.7. The van der Waals surface area contributed by atoms with Gasteiger partial charge in [-0.05, 0) is 44.2 Å². The number of ether oxygens (including phenoxy) is 1. The molecule has 0 spiro atoms. The van der Waals surface area contributed by atoms with E-state index < -0.39 is 6.61 Å². The number of alkyl halides is 2. The lowest BCUT2D eigenvalue weighted by Crippen LogP contribution is -2.12. The van der Waals surface area contributed by atoms with E-state index >= 15 is 0 Å². The summed E-state index contributed by atoms with van der Waals surface area (Å²) in [4.78, 5) is 25.9. The lowest BCUT2D eigenvalue weighted by Gasteiger charge is -2.08. The fourth-order valence-corrected chi connectivity index (χ4v) is 3.58. The van der Waals surface area contributed by atoms with Crippen molar-refractivity contribution in [3.63, 3.8) is 0 Å². The third-order valence-corrected chi connectivity index (χ3v) is 5.20. The quantitative estimate of drug-likeness (QED) is 0.473. The summed E-state index contributed by atoms with van der Waals surface area (Å²) in [6.07, 6.45) is 0. The van der Waals surface area contributed by atoms with Crippen molar-refractivity contribution in [1.29, 1.82) is 0 Å². The minimum absolute atomic E-state index is 0.0226. The number of carbonyl (C=O) groups is 1. The van der Waals surface area contributed by atoms with Crippen LogP contribution in [-0.4, -0.2) is 27.5 Å². The molecule has 0 saturated heterocycles. The molecule has 0 aliphatic heterocycles. The second kappa shape index (κ2) is 8.11. The standard InChI is InChI=1S/C21H16F2N4O2S/c1-11-12(2)25-16-9-13(7-8-15(16)24-11)19(28)27-21-26-17(10-30-21)14-5-3-4-6-18(14)29-20(22)23/h3-10,20H,1-2H3,(H,26,27,28). The number of hydrogen-bond donors (Lipinski definition) is 1. The van der Waals surface area contributed by atoms with Crippen LogP contribution in [0.15, 0.2) is 47.8 Å². The summed E-state index contributed by atoms with van der Waals surface area (Å²) < 4.78 is 29.8. The van der Waals surface area contributed by atoms with Crippen LogP contribution >= 0.6 is 11.3 Å². The summed E-state index contributed by atoms with van der Waals surface area (Å²) in [5.74, 6) is -0.329. The second-order valence-electron chi connectivity index (χ2n) is 6.46. The lowest BCUT2D eigenvalue weighted by atomic mass is 10.1. The van der Waals surface area contributed by atoms with Gasteiger partial charge in [-0.1, -0.05) is 12.1 Å². The molecular weight excluding hydrogens is 410 g/mol. The van der Waals surface area contributed by atoms with E-state index in [9.17, 15) is 13.6 Å². The van der Waals surface area contributed by atoms with Gasteiger partial charge < -0.3 is 4.74 Å². The van der Waals surface area contributed by atoms with Gasteiger partial charge in [-0.15, -0.1) is 11.3 Å². The molecule has 30 heavy (non-hydrogen) atoms. The number of para-hydroxylation sites is 1. The van der Waals surface area contributed by atoms with Crippen LogP contribution < -0.4 is 10.1 Å². The number of hydrogen-bond acceptors (Lipinski definition) is 6. The van der Waals surface area contributed by atoms with E-state index in [-0.39, 0.29) is 11.7 Å². The SMILES string of the molecule is Cc1nc2ccc(C(=O)Nc3nc(-c4ccccc4OC(F)F)cs3)cc2nc1C. The maximum atomic E-state index is 12.7. The van der Waals surface area contributed by atoms with E-state index in [1.54, 1.807) is 41.8 Å².